The molecule has 0 radical (unpaired) electrons. The molecule has 21 heavy (non-hydrogen) atoms. The molecule has 0 spiro atoms. The number of hydrogen-bond donors (Lipinski definition) is 3. The van der Waals surface area contributed by atoms with Crippen LogP contribution in [0, 0.1) is 11.7 Å². The van der Waals surface area contributed by atoms with Crippen LogP contribution in [0.4, 0.5) is 10.1 Å². The molecule has 0 aliphatic heterocycles. The minimum absolute atomic E-state index is 0.0984. The van der Waals surface area contributed by atoms with Gasteiger partial charge in [-0.3, -0.25) is 4.79 Å². The molecule has 0 bridgehead atoms. The van der Waals surface area contributed by atoms with E-state index in [-0.39, 0.29) is 28.9 Å². The number of amides is 1. The first kappa shape index (κ1) is 16.9. The summed E-state index contributed by atoms with van der Waals surface area (Å²) in [5, 5.41) is 14.2. The van der Waals surface area contributed by atoms with Crippen molar-refractivity contribution in [3.05, 3.63) is 29.6 Å². The number of halogens is 1. The summed E-state index contributed by atoms with van der Waals surface area (Å²) in [5.74, 6) is -1.33. The van der Waals surface area contributed by atoms with Crippen LogP contribution in [-0.4, -0.2) is 17.0 Å². The topological polar surface area (TPSA) is 87.7 Å². The van der Waals surface area contributed by atoms with Crippen LogP contribution in [0.5, 0.6) is 0 Å². The molecule has 6 heteroatoms. The van der Waals surface area contributed by atoms with Gasteiger partial charge in [0.05, 0.1) is 11.3 Å². The third kappa shape index (κ3) is 4.44. The van der Waals surface area contributed by atoms with E-state index in [9.17, 15) is 9.18 Å². The summed E-state index contributed by atoms with van der Waals surface area (Å²) in [5.41, 5.74) is 5.58. The standard InChI is InChI=1S/C15H22FN3O2/c1-3-5-7-10(4-2)15(20)18-12-9-6-8-11(16)13(12)14(17)19-21/h6,8-10,21H,3-5,7H2,1-2H3,(H2,17,19)(H,18,20). The van der Waals surface area contributed by atoms with Crippen molar-refractivity contribution in [2.75, 3.05) is 5.32 Å². The zero-order valence-corrected chi connectivity index (χ0v) is 12.4. The van der Waals surface area contributed by atoms with Crippen LogP contribution >= 0.6 is 0 Å². The van der Waals surface area contributed by atoms with E-state index in [1.165, 1.54) is 18.2 Å². The first-order chi connectivity index (χ1) is 10.0. The Hall–Kier alpha value is -2.11. The quantitative estimate of drug-likeness (QED) is 0.312. The molecule has 0 heterocycles. The van der Waals surface area contributed by atoms with Crippen LogP contribution in [0.2, 0.25) is 0 Å². The summed E-state index contributed by atoms with van der Waals surface area (Å²) in [7, 11) is 0. The van der Waals surface area contributed by atoms with Crippen molar-refractivity contribution in [2.24, 2.45) is 16.8 Å². The maximum Gasteiger partial charge on any atom is 0.227 e. The van der Waals surface area contributed by atoms with Crippen LogP contribution in [-0.2, 0) is 4.79 Å². The van der Waals surface area contributed by atoms with Crippen molar-refractivity contribution in [3.8, 4) is 0 Å². The lowest BCUT2D eigenvalue weighted by Gasteiger charge is -2.16. The number of nitrogens with two attached hydrogens (primary N) is 1. The van der Waals surface area contributed by atoms with Gasteiger partial charge in [0.25, 0.3) is 0 Å². The zero-order chi connectivity index (χ0) is 15.8. The van der Waals surface area contributed by atoms with Gasteiger partial charge >= 0.3 is 0 Å². The van der Waals surface area contributed by atoms with E-state index in [0.29, 0.717) is 6.42 Å². The number of rotatable bonds is 7. The molecular weight excluding hydrogens is 273 g/mol. The Morgan fingerprint density at radius 1 is 1.48 bits per heavy atom. The lowest BCUT2D eigenvalue weighted by atomic mass is 9.98. The Kier molecular flexibility index (Phi) is 6.65. The number of nitrogens with one attached hydrogen (secondary N) is 1. The molecule has 1 rings (SSSR count). The van der Waals surface area contributed by atoms with Crippen LogP contribution in [0.25, 0.3) is 0 Å². The Morgan fingerprint density at radius 2 is 2.19 bits per heavy atom. The number of carbonyl (C=O) groups excluding carboxylic acids is 1. The summed E-state index contributed by atoms with van der Waals surface area (Å²) in [4.78, 5) is 12.2. The normalized spacial score (nSPS) is 13.0. The van der Waals surface area contributed by atoms with Gasteiger partial charge in [-0.15, -0.1) is 0 Å². The molecule has 116 valence electrons. The van der Waals surface area contributed by atoms with E-state index >= 15 is 0 Å². The van der Waals surface area contributed by atoms with Gasteiger partial charge in [0.1, 0.15) is 5.82 Å². The van der Waals surface area contributed by atoms with Gasteiger partial charge in [0.15, 0.2) is 5.84 Å². The smallest absolute Gasteiger partial charge is 0.227 e. The van der Waals surface area contributed by atoms with Gasteiger partial charge in [-0.1, -0.05) is 37.9 Å². The largest absolute Gasteiger partial charge is 0.409 e. The predicted octanol–water partition coefficient (Wildman–Crippen LogP) is 3.08. The molecule has 1 aromatic rings. The monoisotopic (exact) mass is 295 g/mol. The van der Waals surface area contributed by atoms with E-state index in [2.05, 4.69) is 17.4 Å². The van der Waals surface area contributed by atoms with Crippen molar-refractivity contribution in [2.45, 2.75) is 39.5 Å². The van der Waals surface area contributed by atoms with Crippen molar-refractivity contribution in [3.63, 3.8) is 0 Å². The average Bonchev–Trinajstić information content (AvgIpc) is 2.47. The predicted molar refractivity (Wildman–Crippen MR) is 80.8 cm³/mol. The van der Waals surface area contributed by atoms with E-state index < -0.39 is 5.82 Å². The molecule has 0 saturated heterocycles. The molecule has 0 saturated carbocycles. The van der Waals surface area contributed by atoms with Crippen LogP contribution in [0.1, 0.15) is 45.1 Å². The van der Waals surface area contributed by atoms with E-state index in [1.54, 1.807) is 0 Å². The number of anilines is 1. The maximum atomic E-state index is 13.8. The van der Waals surface area contributed by atoms with Crippen molar-refractivity contribution >= 4 is 17.4 Å². The van der Waals surface area contributed by atoms with Gasteiger partial charge in [-0.2, -0.15) is 0 Å². The Labute approximate surface area is 124 Å². The minimum Gasteiger partial charge on any atom is -0.409 e. The Morgan fingerprint density at radius 3 is 2.76 bits per heavy atom. The number of hydrogen-bond acceptors (Lipinski definition) is 3. The second-order valence-electron chi connectivity index (χ2n) is 4.88. The van der Waals surface area contributed by atoms with E-state index in [0.717, 1.165) is 19.3 Å². The highest BCUT2D eigenvalue weighted by atomic mass is 19.1. The second kappa shape index (κ2) is 8.24. The highest BCUT2D eigenvalue weighted by molar-refractivity contribution is 6.06. The van der Waals surface area contributed by atoms with Crippen LogP contribution < -0.4 is 11.1 Å². The van der Waals surface area contributed by atoms with Crippen LogP contribution in [0.15, 0.2) is 23.4 Å². The Balaban J connectivity index is 2.97. The Bertz CT molecular complexity index is 518. The summed E-state index contributed by atoms with van der Waals surface area (Å²) >= 11 is 0. The van der Waals surface area contributed by atoms with Gasteiger partial charge in [0.2, 0.25) is 5.91 Å². The van der Waals surface area contributed by atoms with Crippen molar-refractivity contribution in [1.82, 2.24) is 0 Å². The zero-order valence-electron chi connectivity index (χ0n) is 12.4. The summed E-state index contributed by atoms with van der Waals surface area (Å²) in [6.07, 6.45) is 3.47. The fraction of sp³-hybridized carbons (Fsp3) is 0.467. The third-order valence-electron chi connectivity index (χ3n) is 3.41. The summed E-state index contributed by atoms with van der Waals surface area (Å²) < 4.78 is 13.8. The number of unbranched alkanes of at least 4 members (excludes halogenated alkanes) is 1. The first-order valence-electron chi connectivity index (χ1n) is 7.12. The van der Waals surface area contributed by atoms with Crippen molar-refractivity contribution in [1.29, 1.82) is 0 Å². The molecule has 1 aromatic carbocycles. The fourth-order valence-electron chi connectivity index (χ4n) is 2.14. The number of nitrogens with zero attached hydrogens (tertiary/aromatic N) is 1. The maximum absolute atomic E-state index is 13.8. The number of amidine groups is 1. The fourth-order valence-corrected chi connectivity index (χ4v) is 2.14. The van der Waals surface area contributed by atoms with E-state index in [1.807, 2.05) is 6.92 Å². The molecular formula is C15H22FN3O2. The van der Waals surface area contributed by atoms with Gasteiger partial charge < -0.3 is 16.3 Å². The van der Waals surface area contributed by atoms with Gasteiger partial charge in [-0.25, -0.2) is 4.39 Å². The molecule has 0 aliphatic rings. The lowest BCUT2D eigenvalue weighted by Crippen LogP contribution is -2.25. The highest BCUT2D eigenvalue weighted by Crippen LogP contribution is 2.21. The first-order valence-corrected chi connectivity index (χ1v) is 7.12. The summed E-state index contributed by atoms with van der Waals surface area (Å²) in [6.45, 7) is 4.00. The minimum atomic E-state index is -0.648. The molecule has 5 nitrogen and oxygen atoms in total. The van der Waals surface area contributed by atoms with Crippen molar-refractivity contribution < 1.29 is 14.4 Å². The van der Waals surface area contributed by atoms with Crippen LogP contribution in [0.3, 0.4) is 0 Å². The molecule has 4 N–H and O–H groups in total. The molecule has 0 fully saturated rings. The number of carbonyl (C=O) groups is 1. The molecule has 0 aromatic heterocycles. The molecule has 0 aliphatic carbocycles. The number of benzene rings is 1. The van der Waals surface area contributed by atoms with E-state index in [4.69, 9.17) is 10.9 Å². The highest BCUT2D eigenvalue weighted by Gasteiger charge is 2.19. The molecule has 1 atom stereocenters. The van der Waals surface area contributed by atoms with Gasteiger partial charge in [0, 0.05) is 5.92 Å². The average molecular weight is 295 g/mol. The second-order valence-corrected chi connectivity index (χ2v) is 4.88. The number of oxime groups is 1. The molecule has 1 unspecified atom stereocenters. The lowest BCUT2D eigenvalue weighted by molar-refractivity contribution is -0.120. The van der Waals surface area contributed by atoms with Gasteiger partial charge in [-0.05, 0) is 25.0 Å². The molecule has 1 amide bonds. The third-order valence-corrected chi connectivity index (χ3v) is 3.41. The SMILES string of the molecule is CCCCC(CC)C(=O)Nc1cccc(F)c1/C(N)=N/O. The summed E-state index contributed by atoms with van der Waals surface area (Å²) in [6, 6.07) is 4.18.